The highest BCUT2D eigenvalue weighted by atomic mass is 35.5. The van der Waals surface area contributed by atoms with Crippen molar-refractivity contribution in [2.75, 3.05) is 11.4 Å². The molecule has 10 heteroatoms. The fourth-order valence-corrected chi connectivity index (χ4v) is 5.74. The van der Waals surface area contributed by atoms with Crippen LogP contribution in [0.5, 0.6) is 5.88 Å². The van der Waals surface area contributed by atoms with Crippen LogP contribution in [0.25, 0.3) is 10.8 Å². The normalized spacial score (nSPS) is 25.5. The van der Waals surface area contributed by atoms with Gasteiger partial charge in [-0.2, -0.15) is 10.2 Å². The number of anilines is 1. The largest absolute Gasteiger partial charge is 0.470 e. The number of pyridine rings is 2. The zero-order chi connectivity index (χ0) is 24.5. The molecular weight excluding hydrogens is 461 g/mol. The number of nitriles is 1. The molecule has 4 unspecified atom stereocenters. The summed E-state index contributed by atoms with van der Waals surface area (Å²) in [6.45, 7) is 9.62. The van der Waals surface area contributed by atoms with Gasteiger partial charge < -0.3 is 14.4 Å². The van der Waals surface area contributed by atoms with Gasteiger partial charge in [0.1, 0.15) is 17.5 Å². The molecular formula is C24H27ClFN5O3. The van der Waals surface area contributed by atoms with Gasteiger partial charge in [-0.25, -0.2) is 14.2 Å². The molecule has 3 aliphatic rings. The SMILES string of the molecule is Cc1nc2c3c(nc(Cl)c(F)c3c1C)OC(CC#N)C1C3CCC(CN21)N3C(=O)OC(C)(C)C. The number of piperazine rings is 1. The summed E-state index contributed by atoms with van der Waals surface area (Å²) in [6.07, 6.45) is 0.607. The highest BCUT2D eigenvalue weighted by Gasteiger charge is 2.54. The second-order valence-corrected chi connectivity index (χ2v) is 10.6. The number of carbonyl (C=O) groups is 1. The average Bonchev–Trinajstić information content (AvgIpc) is 2.99. The highest BCUT2D eigenvalue weighted by Crippen LogP contribution is 2.47. The first-order valence-corrected chi connectivity index (χ1v) is 11.9. The Bertz CT molecular complexity index is 1230. The number of ether oxygens (including phenoxy) is 2. The smallest absolute Gasteiger partial charge is 0.410 e. The third kappa shape index (κ3) is 3.42. The third-order valence-corrected chi connectivity index (χ3v) is 7.25. The predicted molar refractivity (Wildman–Crippen MR) is 125 cm³/mol. The molecule has 3 aliphatic heterocycles. The van der Waals surface area contributed by atoms with Crippen molar-refractivity contribution in [2.24, 2.45) is 0 Å². The predicted octanol–water partition coefficient (Wildman–Crippen LogP) is 4.67. The van der Waals surface area contributed by atoms with Gasteiger partial charge >= 0.3 is 6.09 Å². The molecule has 8 nitrogen and oxygen atoms in total. The van der Waals surface area contributed by atoms with Crippen LogP contribution in [-0.4, -0.2) is 57.3 Å². The van der Waals surface area contributed by atoms with E-state index in [-0.39, 0.29) is 41.7 Å². The number of fused-ring (bicyclic) bond motifs is 5. The second-order valence-electron chi connectivity index (χ2n) is 10.3. The van der Waals surface area contributed by atoms with Crippen molar-refractivity contribution in [3.05, 3.63) is 22.2 Å². The molecule has 0 aliphatic carbocycles. The summed E-state index contributed by atoms with van der Waals surface area (Å²) in [7, 11) is 0. The lowest BCUT2D eigenvalue weighted by atomic mass is 9.95. The average molecular weight is 488 g/mol. The van der Waals surface area contributed by atoms with E-state index in [4.69, 9.17) is 26.1 Å². The minimum absolute atomic E-state index is 0.0641. The maximum atomic E-state index is 15.2. The molecule has 2 fully saturated rings. The maximum absolute atomic E-state index is 15.2. The van der Waals surface area contributed by atoms with Crippen LogP contribution in [0.1, 0.15) is 51.3 Å². The minimum Gasteiger partial charge on any atom is -0.470 e. The first-order valence-electron chi connectivity index (χ1n) is 11.5. The Balaban J connectivity index is 1.69. The van der Waals surface area contributed by atoms with Crippen LogP contribution in [0.3, 0.4) is 0 Å². The molecule has 4 atom stereocenters. The molecule has 0 aromatic carbocycles. The van der Waals surface area contributed by atoms with Gasteiger partial charge in [-0.1, -0.05) is 11.6 Å². The molecule has 34 heavy (non-hydrogen) atoms. The van der Waals surface area contributed by atoms with E-state index >= 15 is 4.39 Å². The number of amides is 1. The van der Waals surface area contributed by atoms with E-state index in [0.717, 1.165) is 12.8 Å². The third-order valence-electron chi connectivity index (χ3n) is 7.00. The molecule has 2 saturated heterocycles. The second kappa shape index (κ2) is 7.84. The van der Waals surface area contributed by atoms with E-state index in [2.05, 4.69) is 16.0 Å². The number of hydrogen-bond acceptors (Lipinski definition) is 7. The maximum Gasteiger partial charge on any atom is 0.410 e. The van der Waals surface area contributed by atoms with Gasteiger partial charge in [0.2, 0.25) is 5.88 Å². The van der Waals surface area contributed by atoms with Crippen LogP contribution in [0.4, 0.5) is 15.0 Å². The molecule has 0 spiro atoms. The molecule has 1 amide bonds. The number of hydrogen-bond donors (Lipinski definition) is 0. The molecule has 2 bridgehead atoms. The summed E-state index contributed by atoms with van der Waals surface area (Å²) >= 11 is 6.16. The van der Waals surface area contributed by atoms with Gasteiger partial charge in [-0.05, 0) is 53.0 Å². The molecule has 0 saturated carbocycles. The first kappa shape index (κ1) is 22.9. The van der Waals surface area contributed by atoms with Crippen LogP contribution in [0.2, 0.25) is 5.15 Å². The highest BCUT2D eigenvalue weighted by molar-refractivity contribution is 6.30. The lowest BCUT2D eigenvalue weighted by Crippen LogP contribution is -2.65. The fraction of sp³-hybridized carbons (Fsp3) is 0.583. The first-order chi connectivity index (χ1) is 16.0. The van der Waals surface area contributed by atoms with E-state index in [1.807, 2.05) is 27.7 Å². The summed E-state index contributed by atoms with van der Waals surface area (Å²) in [5, 5.41) is 10.1. The Kier molecular flexibility index (Phi) is 5.28. The van der Waals surface area contributed by atoms with Crippen LogP contribution >= 0.6 is 11.6 Å². The van der Waals surface area contributed by atoms with Gasteiger partial charge in [0, 0.05) is 17.6 Å². The lowest BCUT2D eigenvalue weighted by Gasteiger charge is -2.48. The number of aromatic nitrogens is 2. The Morgan fingerprint density at radius 2 is 2.03 bits per heavy atom. The zero-order valence-electron chi connectivity index (χ0n) is 19.9. The molecule has 5 heterocycles. The summed E-state index contributed by atoms with van der Waals surface area (Å²) in [5.41, 5.74) is 0.709. The van der Waals surface area contributed by atoms with Crippen LogP contribution in [0, 0.1) is 31.0 Å². The molecule has 0 N–H and O–H groups in total. The monoisotopic (exact) mass is 487 g/mol. The number of carbonyl (C=O) groups excluding carboxylic acids is 1. The topological polar surface area (TPSA) is 91.6 Å². The van der Waals surface area contributed by atoms with Crippen molar-refractivity contribution in [3.63, 3.8) is 0 Å². The number of rotatable bonds is 1. The van der Waals surface area contributed by atoms with E-state index < -0.39 is 17.5 Å². The van der Waals surface area contributed by atoms with E-state index in [1.54, 1.807) is 11.8 Å². The Morgan fingerprint density at radius 1 is 1.29 bits per heavy atom. The van der Waals surface area contributed by atoms with Crippen LogP contribution in [0.15, 0.2) is 0 Å². The Hall–Kier alpha value is -2.86. The van der Waals surface area contributed by atoms with Crippen molar-refractivity contribution >= 4 is 34.3 Å². The van der Waals surface area contributed by atoms with E-state index in [1.165, 1.54) is 0 Å². The quantitative estimate of drug-likeness (QED) is 0.539. The summed E-state index contributed by atoms with van der Waals surface area (Å²) in [4.78, 5) is 26.1. The van der Waals surface area contributed by atoms with Crippen molar-refractivity contribution in [3.8, 4) is 11.9 Å². The standard InChI is InChI=1S/C24H27ClFN5O3/c1-11-12(2)28-21-17-16(11)18(26)20(25)29-22(17)33-15(8-9-27)19-14-7-6-13(10-30(19)21)31(14)23(32)34-24(3,4)5/h13-15,19H,6-8,10H2,1-5H3. The van der Waals surface area contributed by atoms with Crippen molar-refractivity contribution in [1.82, 2.24) is 14.9 Å². The summed E-state index contributed by atoms with van der Waals surface area (Å²) in [5.74, 6) is 0.114. The number of halogens is 2. The number of nitrogens with zero attached hydrogens (tertiary/aromatic N) is 5. The van der Waals surface area contributed by atoms with E-state index in [9.17, 15) is 10.1 Å². The zero-order valence-corrected chi connectivity index (χ0v) is 20.6. The van der Waals surface area contributed by atoms with Crippen molar-refractivity contribution in [2.45, 2.75) is 83.7 Å². The molecule has 2 aromatic rings. The van der Waals surface area contributed by atoms with Crippen molar-refractivity contribution < 1.29 is 18.7 Å². The van der Waals surface area contributed by atoms with Crippen LogP contribution in [-0.2, 0) is 4.74 Å². The van der Waals surface area contributed by atoms with Gasteiger partial charge in [-0.3, -0.25) is 4.90 Å². The van der Waals surface area contributed by atoms with Crippen molar-refractivity contribution in [1.29, 1.82) is 5.26 Å². The van der Waals surface area contributed by atoms with Gasteiger partial charge in [0.15, 0.2) is 11.0 Å². The molecule has 0 radical (unpaired) electrons. The molecule has 5 rings (SSSR count). The van der Waals surface area contributed by atoms with Gasteiger partial charge in [0.25, 0.3) is 0 Å². The van der Waals surface area contributed by atoms with Gasteiger partial charge in [-0.15, -0.1) is 0 Å². The van der Waals surface area contributed by atoms with Gasteiger partial charge in [0.05, 0.1) is 36.0 Å². The van der Waals surface area contributed by atoms with E-state index in [0.29, 0.717) is 34.4 Å². The Labute approximate surface area is 202 Å². The Morgan fingerprint density at radius 3 is 2.71 bits per heavy atom. The summed E-state index contributed by atoms with van der Waals surface area (Å²) < 4.78 is 27.3. The summed E-state index contributed by atoms with van der Waals surface area (Å²) in [6, 6.07) is 1.49. The minimum atomic E-state index is -0.629. The molecule has 180 valence electrons. The number of aryl methyl sites for hydroxylation is 2. The van der Waals surface area contributed by atoms with Crippen LogP contribution < -0.4 is 9.64 Å². The molecule has 2 aromatic heterocycles. The fourth-order valence-electron chi connectivity index (χ4n) is 5.57. The lowest BCUT2D eigenvalue weighted by molar-refractivity contribution is 0.0000346.